The number of hydrogen-bond donors (Lipinski definition) is 0. The molecular formula is C12H11F3O2. The van der Waals surface area contributed by atoms with Crippen LogP contribution >= 0.6 is 0 Å². The normalized spacial score (nSPS) is 16.2. The van der Waals surface area contributed by atoms with Crippen molar-refractivity contribution in [3.63, 3.8) is 0 Å². The van der Waals surface area contributed by atoms with E-state index < -0.39 is 29.0 Å². The molecule has 0 N–H and O–H groups in total. The van der Waals surface area contributed by atoms with E-state index in [-0.39, 0.29) is 6.10 Å². The highest BCUT2D eigenvalue weighted by molar-refractivity contribution is 5.89. The highest BCUT2D eigenvalue weighted by Gasteiger charge is 2.24. The van der Waals surface area contributed by atoms with Gasteiger partial charge in [0, 0.05) is 0 Å². The molecule has 5 heteroatoms. The van der Waals surface area contributed by atoms with E-state index in [0.717, 1.165) is 31.7 Å². The van der Waals surface area contributed by atoms with Gasteiger partial charge in [-0.2, -0.15) is 0 Å². The number of ether oxygens (including phenoxy) is 1. The summed E-state index contributed by atoms with van der Waals surface area (Å²) >= 11 is 0. The molecule has 0 atom stereocenters. The van der Waals surface area contributed by atoms with Gasteiger partial charge in [0.2, 0.25) is 0 Å². The molecule has 0 aliphatic heterocycles. The van der Waals surface area contributed by atoms with Crippen LogP contribution < -0.4 is 0 Å². The van der Waals surface area contributed by atoms with Crippen LogP contribution in [0.1, 0.15) is 36.0 Å². The largest absolute Gasteiger partial charge is 0.459 e. The zero-order valence-corrected chi connectivity index (χ0v) is 9.01. The van der Waals surface area contributed by atoms with Gasteiger partial charge in [0.25, 0.3) is 0 Å². The quantitative estimate of drug-likeness (QED) is 0.590. The maximum atomic E-state index is 13.3. The van der Waals surface area contributed by atoms with Gasteiger partial charge in [-0.25, -0.2) is 18.0 Å². The van der Waals surface area contributed by atoms with Crippen molar-refractivity contribution in [2.45, 2.75) is 31.8 Å². The van der Waals surface area contributed by atoms with Crippen molar-refractivity contribution in [1.29, 1.82) is 0 Å². The van der Waals surface area contributed by atoms with Gasteiger partial charge in [0.05, 0.1) is 5.56 Å². The number of benzene rings is 1. The number of halogens is 3. The lowest BCUT2D eigenvalue weighted by molar-refractivity contribution is 0.0311. The fraction of sp³-hybridized carbons (Fsp3) is 0.417. The minimum absolute atomic E-state index is 0.241. The third kappa shape index (κ3) is 2.43. The Balaban J connectivity index is 2.16. The highest BCUT2D eigenvalue weighted by Crippen LogP contribution is 2.23. The molecule has 0 bridgehead atoms. The molecule has 0 amide bonds. The Morgan fingerprint density at radius 1 is 1.12 bits per heavy atom. The number of carbonyl (C=O) groups excluding carboxylic acids is 1. The molecule has 0 radical (unpaired) electrons. The summed E-state index contributed by atoms with van der Waals surface area (Å²) in [6, 6.07) is 1.61. The Morgan fingerprint density at radius 3 is 2.41 bits per heavy atom. The topological polar surface area (TPSA) is 26.3 Å². The van der Waals surface area contributed by atoms with E-state index in [1.54, 1.807) is 0 Å². The first-order valence-electron chi connectivity index (χ1n) is 5.44. The van der Waals surface area contributed by atoms with Crippen molar-refractivity contribution >= 4 is 5.97 Å². The summed E-state index contributed by atoms with van der Waals surface area (Å²) in [5.41, 5.74) is -0.559. The molecule has 1 aliphatic rings. The van der Waals surface area contributed by atoms with Crippen LogP contribution in [-0.2, 0) is 4.74 Å². The maximum absolute atomic E-state index is 13.3. The van der Waals surface area contributed by atoms with Crippen LogP contribution in [0.25, 0.3) is 0 Å². The predicted octanol–water partition coefficient (Wildman–Crippen LogP) is 3.20. The molecular weight excluding hydrogens is 233 g/mol. The zero-order chi connectivity index (χ0) is 12.4. The molecule has 0 heterocycles. The fourth-order valence-corrected chi connectivity index (χ4v) is 1.90. The maximum Gasteiger partial charge on any atom is 0.341 e. The Hall–Kier alpha value is -1.52. The van der Waals surface area contributed by atoms with E-state index in [1.807, 2.05) is 0 Å². The summed E-state index contributed by atoms with van der Waals surface area (Å²) < 4.78 is 43.8. The van der Waals surface area contributed by atoms with Crippen molar-refractivity contribution in [1.82, 2.24) is 0 Å². The summed E-state index contributed by atoms with van der Waals surface area (Å²) in [5, 5.41) is 0. The predicted molar refractivity (Wildman–Crippen MR) is 54.0 cm³/mol. The molecule has 2 nitrogen and oxygen atoms in total. The van der Waals surface area contributed by atoms with E-state index >= 15 is 0 Å². The molecule has 0 saturated heterocycles. The van der Waals surface area contributed by atoms with Crippen LogP contribution in [0.15, 0.2) is 12.1 Å². The monoisotopic (exact) mass is 244 g/mol. The van der Waals surface area contributed by atoms with Crippen LogP contribution in [0, 0.1) is 17.5 Å². The number of hydrogen-bond acceptors (Lipinski definition) is 2. The molecule has 0 unspecified atom stereocenters. The second kappa shape index (κ2) is 4.77. The van der Waals surface area contributed by atoms with Crippen molar-refractivity contribution in [2.75, 3.05) is 0 Å². The molecule has 1 aliphatic carbocycles. The summed E-state index contributed by atoms with van der Waals surface area (Å²) in [5.74, 6) is -5.40. The Bertz CT molecular complexity index is 440. The van der Waals surface area contributed by atoms with Crippen LogP contribution in [0.5, 0.6) is 0 Å². The SMILES string of the molecule is O=C(OC1CCCC1)c1ccc(F)c(F)c1F. The van der Waals surface area contributed by atoms with E-state index in [2.05, 4.69) is 0 Å². The fourth-order valence-electron chi connectivity index (χ4n) is 1.90. The summed E-state index contributed by atoms with van der Waals surface area (Å²) in [4.78, 5) is 11.5. The second-order valence-corrected chi connectivity index (χ2v) is 4.03. The van der Waals surface area contributed by atoms with Gasteiger partial charge in [-0.3, -0.25) is 0 Å². The highest BCUT2D eigenvalue weighted by atomic mass is 19.2. The summed E-state index contributed by atoms with van der Waals surface area (Å²) in [7, 11) is 0. The molecule has 0 spiro atoms. The van der Waals surface area contributed by atoms with E-state index in [1.165, 1.54) is 0 Å². The minimum Gasteiger partial charge on any atom is -0.459 e. The van der Waals surface area contributed by atoms with Gasteiger partial charge >= 0.3 is 5.97 Å². The summed E-state index contributed by atoms with van der Waals surface area (Å²) in [6.07, 6.45) is 3.14. The van der Waals surface area contributed by atoms with Gasteiger partial charge in [-0.1, -0.05) is 0 Å². The lowest BCUT2D eigenvalue weighted by atomic mass is 10.2. The van der Waals surface area contributed by atoms with Gasteiger partial charge < -0.3 is 4.74 Å². The number of carbonyl (C=O) groups is 1. The third-order valence-corrected chi connectivity index (χ3v) is 2.83. The number of rotatable bonds is 2. The smallest absolute Gasteiger partial charge is 0.341 e. The first kappa shape index (κ1) is 12.0. The first-order chi connectivity index (χ1) is 8.09. The zero-order valence-electron chi connectivity index (χ0n) is 9.01. The Labute approximate surface area is 96.4 Å². The number of esters is 1. The van der Waals surface area contributed by atoms with Gasteiger partial charge in [-0.15, -0.1) is 0 Å². The van der Waals surface area contributed by atoms with Gasteiger partial charge in [0.1, 0.15) is 6.10 Å². The molecule has 1 fully saturated rings. The molecule has 1 aromatic rings. The Morgan fingerprint density at radius 2 is 1.76 bits per heavy atom. The molecule has 17 heavy (non-hydrogen) atoms. The van der Waals surface area contributed by atoms with Crippen molar-refractivity contribution in [3.8, 4) is 0 Å². The molecule has 1 aromatic carbocycles. The van der Waals surface area contributed by atoms with E-state index in [4.69, 9.17) is 4.74 Å². The van der Waals surface area contributed by atoms with Crippen molar-refractivity contribution < 1.29 is 22.7 Å². The average molecular weight is 244 g/mol. The molecule has 2 rings (SSSR count). The molecule has 1 saturated carbocycles. The van der Waals surface area contributed by atoms with Crippen LogP contribution in [0.4, 0.5) is 13.2 Å². The lowest BCUT2D eigenvalue weighted by Crippen LogP contribution is -2.16. The average Bonchev–Trinajstić information content (AvgIpc) is 2.78. The lowest BCUT2D eigenvalue weighted by Gasteiger charge is -2.11. The van der Waals surface area contributed by atoms with Crippen molar-refractivity contribution in [3.05, 3.63) is 35.1 Å². The van der Waals surface area contributed by atoms with E-state index in [9.17, 15) is 18.0 Å². The van der Waals surface area contributed by atoms with Crippen LogP contribution in [0.2, 0.25) is 0 Å². The second-order valence-electron chi connectivity index (χ2n) is 4.03. The molecule has 92 valence electrons. The van der Waals surface area contributed by atoms with Crippen LogP contribution in [-0.4, -0.2) is 12.1 Å². The third-order valence-electron chi connectivity index (χ3n) is 2.83. The van der Waals surface area contributed by atoms with Gasteiger partial charge in [-0.05, 0) is 37.8 Å². The summed E-state index contributed by atoms with van der Waals surface area (Å²) in [6.45, 7) is 0. The Kier molecular flexibility index (Phi) is 3.36. The minimum atomic E-state index is -1.65. The van der Waals surface area contributed by atoms with Gasteiger partial charge in [0.15, 0.2) is 17.5 Å². The first-order valence-corrected chi connectivity index (χ1v) is 5.44. The standard InChI is InChI=1S/C12H11F3O2/c13-9-6-5-8(10(14)11(9)15)12(16)17-7-3-1-2-4-7/h5-7H,1-4H2. The van der Waals surface area contributed by atoms with Crippen molar-refractivity contribution in [2.24, 2.45) is 0 Å². The van der Waals surface area contributed by atoms with Crippen LogP contribution in [0.3, 0.4) is 0 Å². The molecule has 0 aromatic heterocycles. The van der Waals surface area contributed by atoms with E-state index in [0.29, 0.717) is 6.07 Å².